The van der Waals surface area contributed by atoms with Crippen molar-refractivity contribution in [1.29, 1.82) is 0 Å². The first kappa shape index (κ1) is 11.4. The fourth-order valence-corrected chi connectivity index (χ4v) is 1.86. The van der Waals surface area contributed by atoms with Crippen molar-refractivity contribution in [3.05, 3.63) is 43.2 Å². The predicted molar refractivity (Wildman–Crippen MR) is 67.9 cm³/mol. The van der Waals surface area contributed by atoms with Crippen molar-refractivity contribution in [2.75, 3.05) is 5.73 Å². The third-order valence-corrected chi connectivity index (χ3v) is 2.82. The zero-order chi connectivity index (χ0) is 13.1. The molecule has 0 amide bonds. The summed E-state index contributed by atoms with van der Waals surface area (Å²) in [6, 6.07) is 1.77. The summed E-state index contributed by atoms with van der Waals surface area (Å²) in [5.74, 6) is 0.596. The summed E-state index contributed by atoms with van der Waals surface area (Å²) in [5.41, 5.74) is 8.41. The maximum atomic E-state index is 5.95. The van der Waals surface area contributed by atoms with Gasteiger partial charge in [-0.15, -0.1) is 0 Å². The highest BCUT2D eigenvalue weighted by atomic mass is 16.5. The smallest absolute Gasteiger partial charge is 0.228 e. The Morgan fingerprint density at radius 1 is 1.26 bits per heavy atom. The van der Waals surface area contributed by atoms with Crippen molar-refractivity contribution in [3.8, 4) is 11.3 Å². The fraction of sp³-hybridized carbons (Fsp3) is 0.167. The predicted octanol–water partition coefficient (Wildman–Crippen LogP) is 1.15. The van der Waals surface area contributed by atoms with Crippen LogP contribution in [0.25, 0.3) is 11.3 Å². The number of imidazole rings is 1. The van der Waals surface area contributed by atoms with Crippen LogP contribution in [0.4, 0.5) is 5.69 Å². The zero-order valence-electron chi connectivity index (χ0n) is 10.1. The van der Waals surface area contributed by atoms with Crippen LogP contribution in [0.3, 0.4) is 0 Å². The second-order valence-corrected chi connectivity index (χ2v) is 4.02. The van der Waals surface area contributed by atoms with Gasteiger partial charge in [-0.1, -0.05) is 5.16 Å². The maximum Gasteiger partial charge on any atom is 0.228 e. The Kier molecular flexibility index (Phi) is 2.93. The van der Waals surface area contributed by atoms with Crippen LogP contribution in [0, 0.1) is 0 Å². The molecule has 3 rings (SSSR count). The molecule has 96 valence electrons. The lowest BCUT2D eigenvalue weighted by molar-refractivity contribution is 0.371. The number of nitrogens with two attached hydrogens (primary N) is 1. The number of aromatic nitrogens is 5. The molecule has 0 aliphatic rings. The topological polar surface area (TPSA) is 95.7 Å². The summed E-state index contributed by atoms with van der Waals surface area (Å²) < 4.78 is 6.95. The van der Waals surface area contributed by atoms with E-state index in [4.69, 9.17) is 10.3 Å². The van der Waals surface area contributed by atoms with E-state index < -0.39 is 0 Å². The molecule has 0 aliphatic carbocycles. The summed E-state index contributed by atoms with van der Waals surface area (Å²) in [6.45, 7) is 0.686. The van der Waals surface area contributed by atoms with Crippen molar-refractivity contribution < 1.29 is 4.52 Å². The first-order chi connectivity index (χ1) is 9.34. The van der Waals surface area contributed by atoms with E-state index in [9.17, 15) is 0 Å². The third-order valence-electron chi connectivity index (χ3n) is 2.82. The molecule has 7 nitrogen and oxygen atoms in total. The minimum absolute atomic E-state index is 0.596. The van der Waals surface area contributed by atoms with Crippen LogP contribution in [0.1, 0.15) is 5.89 Å². The van der Waals surface area contributed by atoms with Gasteiger partial charge in [0.05, 0.1) is 18.2 Å². The minimum Gasteiger partial charge on any atom is -0.398 e. The average molecular weight is 256 g/mol. The first-order valence-corrected chi connectivity index (χ1v) is 5.80. The van der Waals surface area contributed by atoms with Crippen molar-refractivity contribution in [2.45, 2.75) is 13.0 Å². The summed E-state index contributed by atoms with van der Waals surface area (Å²) in [6.07, 6.45) is 8.94. The number of nitrogens with zero attached hydrogens (tertiary/aromatic N) is 5. The molecule has 0 saturated carbocycles. The lowest BCUT2D eigenvalue weighted by Gasteiger charge is -2.08. The highest BCUT2D eigenvalue weighted by molar-refractivity contribution is 5.72. The molecule has 0 aromatic carbocycles. The van der Waals surface area contributed by atoms with Crippen LogP contribution in [0.2, 0.25) is 0 Å². The number of hydrogen-bond acceptors (Lipinski definition) is 6. The molecule has 0 atom stereocenters. The second-order valence-electron chi connectivity index (χ2n) is 4.02. The van der Waals surface area contributed by atoms with Crippen LogP contribution in [0.15, 0.2) is 41.8 Å². The Morgan fingerprint density at radius 2 is 2.21 bits per heavy atom. The summed E-state index contributed by atoms with van der Waals surface area (Å²) >= 11 is 0. The standard InChI is InChI=1S/C12H12N6O/c13-10-1-3-14-5-9(10)11-6-15-8-18(11)4-2-12-16-7-17-19-12/h1,3,5-8H,2,4H2,(H2,13,14). The lowest BCUT2D eigenvalue weighted by atomic mass is 10.2. The van der Waals surface area contributed by atoms with Crippen molar-refractivity contribution in [3.63, 3.8) is 0 Å². The van der Waals surface area contributed by atoms with Crippen LogP contribution >= 0.6 is 0 Å². The molecule has 3 heterocycles. The minimum atomic E-state index is 0.596. The van der Waals surface area contributed by atoms with Crippen molar-refractivity contribution >= 4 is 5.69 Å². The third kappa shape index (κ3) is 2.30. The van der Waals surface area contributed by atoms with Gasteiger partial charge in [0.15, 0.2) is 6.33 Å². The molecule has 0 unspecified atom stereocenters. The van der Waals surface area contributed by atoms with Gasteiger partial charge < -0.3 is 14.8 Å². The second kappa shape index (κ2) is 4.89. The molecule has 19 heavy (non-hydrogen) atoms. The van der Waals surface area contributed by atoms with Gasteiger partial charge in [0.25, 0.3) is 0 Å². The van der Waals surface area contributed by atoms with Gasteiger partial charge in [-0.05, 0) is 6.07 Å². The summed E-state index contributed by atoms with van der Waals surface area (Å²) in [4.78, 5) is 12.2. The molecule has 0 aliphatic heterocycles. The highest BCUT2D eigenvalue weighted by Gasteiger charge is 2.09. The van der Waals surface area contributed by atoms with Gasteiger partial charge in [-0.3, -0.25) is 4.98 Å². The van der Waals surface area contributed by atoms with Crippen LogP contribution in [-0.2, 0) is 13.0 Å². The summed E-state index contributed by atoms with van der Waals surface area (Å²) in [7, 11) is 0. The van der Waals surface area contributed by atoms with E-state index in [1.54, 1.807) is 31.0 Å². The fourth-order valence-electron chi connectivity index (χ4n) is 1.86. The van der Waals surface area contributed by atoms with E-state index >= 15 is 0 Å². The first-order valence-electron chi connectivity index (χ1n) is 5.80. The molecule has 0 saturated heterocycles. The van der Waals surface area contributed by atoms with Gasteiger partial charge in [-0.2, -0.15) is 4.98 Å². The van der Waals surface area contributed by atoms with Gasteiger partial charge in [0, 0.05) is 36.6 Å². The number of nitrogen functional groups attached to an aromatic ring is 1. The highest BCUT2D eigenvalue weighted by Crippen LogP contribution is 2.24. The van der Waals surface area contributed by atoms with E-state index in [0.717, 1.165) is 11.3 Å². The van der Waals surface area contributed by atoms with Gasteiger partial charge >= 0.3 is 0 Å². The van der Waals surface area contributed by atoms with Gasteiger partial charge in [-0.25, -0.2) is 4.98 Å². The van der Waals surface area contributed by atoms with Crippen LogP contribution in [-0.4, -0.2) is 24.7 Å². The van der Waals surface area contributed by atoms with Gasteiger partial charge in [0.2, 0.25) is 5.89 Å². The molecule has 3 aromatic rings. The number of pyridine rings is 1. The SMILES string of the molecule is Nc1ccncc1-c1cncn1CCc1ncno1. The number of hydrogen-bond donors (Lipinski definition) is 1. The molecule has 0 bridgehead atoms. The Hall–Kier alpha value is -2.70. The van der Waals surface area contributed by atoms with Crippen LogP contribution in [0.5, 0.6) is 0 Å². The molecule has 2 N–H and O–H groups in total. The quantitative estimate of drug-likeness (QED) is 0.752. The van der Waals surface area contributed by atoms with E-state index in [-0.39, 0.29) is 0 Å². The molecule has 0 spiro atoms. The number of rotatable bonds is 4. The number of anilines is 1. The van der Waals surface area contributed by atoms with Crippen molar-refractivity contribution in [2.24, 2.45) is 0 Å². The van der Waals surface area contributed by atoms with E-state index in [1.807, 2.05) is 4.57 Å². The average Bonchev–Trinajstić information content (AvgIpc) is 3.08. The van der Waals surface area contributed by atoms with Gasteiger partial charge in [0.1, 0.15) is 0 Å². The number of aryl methyl sites for hydroxylation is 2. The molecule has 3 aromatic heterocycles. The van der Waals surface area contributed by atoms with E-state index in [2.05, 4.69) is 20.1 Å². The molecule has 0 fully saturated rings. The lowest BCUT2D eigenvalue weighted by Crippen LogP contribution is -2.03. The Balaban J connectivity index is 1.84. The molecular formula is C12H12N6O. The Bertz CT molecular complexity index is 660. The largest absolute Gasteiger partial charge is 0.398 e. The van der Waals surface area contributed by atoms with E-state index in [1.165, 1.54) is 6.33 Å². The normalized spacial score (nSPS) is 10.7. The van der Waals surface area contributed by atoms with Crippen LogP contribution < -0.4 is 5.73 Å². The summed E-state index contributed by atoms with van der Waals surface area (Å²) in [5, 5.41) is 3.58. The monoisotopic (exact) mass is 256 g/mol. The Morgan fingerprint density at radius 3 is 3.00 bits per heavy atom. The maximum absolute atomic E-state index is 5.95. The Labute approximate surface area is 109 Å². The molecule has 0 radical (unpaired) electrons. The van der Waals surface area contributed by atoms with E-state index in [0.29, 0.717) is 24.5 Å². The molecular weight excluding hydrogens is 244 g/mol. The zero-order valence-corrected chi connectivity index (χ0v) is 10.1. The van der Waals surface area contributed by atoms with Crippen molar-refractivity contribution in [1.82, 2.24) is 24.7 Å². The molecule has 7 heteroatoms.